The molecule has 1 aromatic rings. The summed E-state index contributed by atoms with van der Waals surface area (Å²) >= 11 is 0. The molecule has 3 aliphatic rings. The third kappa shape index (κ3) is 1.93. The Labute approximate surface area is 117 Å². The van der Waals surface area contributed by atoms with Gasteiger partial charge in [-0.3, -0.25) is 4.79 Å². The molecule has 1 aromatic carbocycles. The SMILES string of the molecule is O=C(c1ccc2c(c1)OCO2)N1C[C@@H]2CCCN[C@@H]2C1. The monoisotopic (exact) mass is 274 g/mol. The Bertz CT molecular complexity index is 532. The van der Waals surface area contributed by atoms with Crippen LogP contribution >= 0.6 is 0 Å². The van der Waals surface area contributed by atoms with Gasteiger partial charge in [-0.2, -0.15) is 0 Å². The second kappa shape index (κ2) is 4.66. The van der Waals surface area contributed by atoms with Crippen LogP contribution in [0.3, 0.4) is 0 Å². The topological polar surface area (TPSA) is 50.8 Å². The van der Waals surface area contributed by atoms with Gasteiger partial charge in [0.2, 0.25) is 6.79 Å². The zero-order chi connectivity index (χ0) is 13.5. The minimum atomic E-state index is 0.0968. The van der Waals surface area contributed by atoms with Crippen LogP contribution in [-0.2, 0) is 0 Å². The van der Waals surface area contributed by atoms with E-state index in [0.29, 0.717) is 23.3 Å². The molecule has 0 aromatic heterocycles. The number of benzene rings is 1. The Morgan fingerprint density at radius 1 is 1.25 bits per heavy atom. The lowest BCUT2D eigenvalue weighted by Gasteiger charge is -2.24. The number of amides is 1. The summed E-state index contributed by atoms with van der Waals surface area (Å²) in [7, 11) is 0. The van der Waals surface area contributed by atoms with E-state index in [1.54, 1.807) is 6.07 Å². The summed E-state index contributed by atoms with van der Waals surface area (Å²) in [6.45, 7) is 3.00. The molecule has 2 fully saturated rings. The van der Waals surface area contributed by atoms with Gasteiger partial charge in [0.1, 0.15) is 0 Å². The molecule has 4 rings (SSSR count). The third-order valence-electron chi connectivity index (χ3n) is 4.51. The van der Waals surface area contributed by atoms with Gasteiger partial charge >= 0.3 is 0 Å². The third-order valence-corrected chi connectivity index (χ3v) is 4.51. The minimum absolute atomic E-state index is 0.0968. The lowest BCUT2D eigenvalue weighted by Crippen LogP contribution is -2.41. The van der Waals surface area contributed by atoms with E-state index in [1.807, 2.05) is 17.0 Å². The van der Waals surface area contributed by atoms with E-state index in [0.717, 1.165) is 25.4 Å². The van der Waals surface area contributed by atoms with Crippen LogP contribution in [0, 0.1) is 5.92 Å². The number of ether oxygens (including phenoxy) is 2. The molecule has 0 unspecified atom stereocenters. The van der Waals surface area contributed by atoms with Gasteiger partial charge in [-0.1, -0.05) is 0 Å². The fourth-order valence-corrected chi connectivity index (χ4v) is 3.42. The van der Waals surface area contributed by atoms with E-state index in [4.69, 9.17) is 9.47 Å². The van der Waals surface area contributed by atoms with Crippen molar-refractivity contribution >= 4 is 5.91 Å². The first-order chi connectivity index (χ1) is 9.81. The summed E-state index contributed by atoms with van der Waals surface area (Å²) in [5.74, 6) is 2.10. The Morgan fingerprint density at radius 3 is 3.05 bits per heavy atom. The quantitative estimate of drug-likeness (QED) is 0.837. The van der Waals surface area contributed by atoms with Crippen LogP contribution in [0.25, 0.3) is 0 Å². The smallest absolute Gasteiger partial charge is 0.254 e. The van der Waals surface area contributed by atoms with Crippen LogP contribution in [0.4, 0.5) is 0 Å². The Hall–Kier alpha value is -1.75. The molecule has 0 spiro atoms. The number of carbonyl (C=O) groups excluding carboxylic acids is 1. The molecule has 1 amide bonds. The second-order valence-corrected chi connectivity index (χ2v) is 5.74. The van der Waals surface area contributed by atoms with Crippen molar-refractivity contribution in [3.8, 4) is 11.5 Å². The molecule has 0 bridgehead atoms. The number of hydrogen-bond donors (Lipinski definition) is 1. The Morgan fingerprint density at radius 2 is 2.15 bits per heavy atom. The molecular formula is C15H18N2O3. The van der Waals surface area contributed by atoms with E-state index in [-0.39, 0.29) is 12.7 Å². The van der Waals surface area contributed by atoms with E-state index >= 15 is 0 Å². The van der Waals surface area contributed by atoms with Crippen LogP contribution in [0.5, 0.6) is 11.5 Å². The lowest BCUT2D eigenvalue weighted by molar-refractivity contribution is 0.0785. The number of hydrogen-bond acceptors (Lipinski definition) is 4. The van der Waals surface area contributed by atoms with Crippen molar-refractivity contribution in [1.82, 2.24) is 10.2 Å². The summed E-state index contributed by atoms with van der Waals surface area (Å²) in [5.41, 5.74) is 0.688. The molecule has 0 aliphatic carbocycles. The molecule has 0 saturated carbocycles. The minimum Gasteiger partial charge on any atom is -0.454 e. The largest absolute Gasteiger partial charge is 0.454 e. The molecule has 106 valence electrons. The summed E-state index contributed by atoms with van der Waals surface area (Å²) in [6.07, 6.45) is 2.44. The van der Waals surface area contributed by atoms with Crippen LogP contribution in [-0.4, -0.2) is 43.3 Å². The van der Waals surface area contributed by atoms with E-state index in [9.17, 15) is 4.79 Å². The first-order valence-corrected chi connectivity index (χ1v) is 7.23. The second-order valence-electron chi connectivity index (χ2n) is 5.74. The number of carbonyl (C=O) groups is 1. The van der Waals surface area contributed by atoms with Gasteiger partial charge in [-0.25, -0.2) is 0 Å². The van der Waals surface area contributed by atoms with Crippen molar-refractivity contribution in [3.63, 3.8) is 0 Å². The maximum atomic E-state index is 12.6. The Balaban J connectivity index is 1.53. The number of piperidine rings is 1. The van der Waals surface area contributed by atoms with Gasteiger partial charge in [0.25, 0.3) is 5.91 Å². The summed E-state index contributed by atoms with van der Waals surface area (Å²) in [6, 6.07) is 5.91. The fourth-order valence-electron chi connectivity index (χ4n) is 3.42. The van der Waals surface area contributed by atoms with Gasteiger partial charge in [0.05, 0.1) is 0 Å². The van der Waals surface area contributed by atoms with Crippen molar-refractivity contribution in [3.05, 3.63) is 23.8 Å². The average Bonchev–Trinajstić information content (AvgIpc) is 3.11. The highest BCUT2D eigenvalue weighted by molar-refractivity contribution is 5.95. The number of likely N-dealkylation sites (tertiary alicyclic amines) is 1. The van der Waals surface area contributed by atoms with Crippen LogP contribution in [0.1, 0.15) is 23.2 Å². The molecule has 20 heavy (non-hydrogen) atoms. The molecule has 5 nitrogen and oxygen atoms in total. The Kier molecular flexibility index (Phi) is 2.80. The highest BCUT2D eigenvalue weighted by Gasteiger charge is 2.36. The highest BCUT2D eigenvalue weighted by atomic mass is 16.7. The zero-order valence-corrected chi connectivity index (χ0v) is 11.3. The summed E-state index contributed by atoms with van der Waals surface area (Å²) in [4.78, 5) is 14.6. The van der Waals surface area contributed by atoms with Crippen LogP contribution < -0.4 is 14.8 Å². The average molecular weight is 274 g/mol. The maximum absolute atomic E-state index is 12.6. The van der Waals surface area contributed by atoms with Gasteiger partial charge < -0.3 is 19.7 Å². The first kappa shape index (κ1) is 12.0. The maximum Gasteiger partial charge on any atom is 0.254 e. The predicted molar refractivity (Wildman–Crippen MR) is 73.0 cm³/mol. The standard InChI is InChI=1S/C15H18N2O3/c18-15(10-3-4-13-14(6-10)20-9-19-13)17-7-11-2-1-5-16-12(11)8-17/h3-4,6,11-12,16H,1-2,5,7-9H2/t11-,12+/m0/s1. The normalized spacial score (nSPS) is 27.5. The molecule has 5 heteroatoms. The van der Waals surface area contributed by atoms with Gasteiger partial charge in [-0.15, -0.1) is 0 Å². The van der Waals surface area contributed by atoms with E-state index < -0.39 is 0 Å². The molecule has 2 saturated heterocycles. The molecular weight excluding hydrogens is 256 g/mol. The van der Waals surface area contributed by atoms with Gasteiger partial charge in [0.15, 0.2) is 11.5 Å². The van der Waals surface area contributed by atoms with Crippen molar-refractivity contribution in [1.29, 1.82) is 0 Å². The molecule has 2 atom stereocenters. The van der Waals surface area contributed by atoms with Crippen molar-refractivity contribution in [2.45, 2.75) is 18.9 Å². The van der Waals surface area contributed by atoms with Gasteiger partial charge in [0, 0.05) is 24.7 Å². The summed E-state index contributed by atoms with van der Waals surface area (Å²) < 4.78 is 10.6. The van der Waals surface area contributed by atoms with Crippen molar-refractivity contribution in [2.24, 2.45) is 5.92 Å². The molecule has 1 N–H and O–H groups in total. The highest BCUT2D eigenvalue weighted by Crippen LogP contribution is 2.33. The van der Waals surface area contributed by atoms with Crippen LogP contribution in [0.15, 0.2) is 18.2 Å². The lowest BCUT2D eigenvalue weighted by atomic mass is 9.94. The zero-order valence-electron chi connectivity index (χ0n) is 11.3. The molecule has 3 heterocycles. The van der Waals surface area contributed by atoms with E-state index in [1.165, 1.54) is 12.8 Å². The molecule has 0 radical (unpaired) electrons. The predicted octanol–water partition coefficient (Wildman–Crippen LogP) is 1.24. The van der Waals surface area contributed by atoms with Crippen molar-refractivity contribution < 1.29 is 14.3 Å². The molecule has 3 aliphatic heterocycles. The number of rotatable bonds is 1. The number of fused-ring (bicyclic) bond motifs is 2. The van der Waals surface area contributed by atoms with E-state index in [2.05, 4.69) is 5.32 Å². The van der Waals surface area contributed by atoms with Crippen molar-refractivity contribution in [2.75, 3.05) is 26.4 Å². The number of nitrogens with one attached hydrogen (secondary N) is 1. The summed E-state index contributed by atoms with van der Waals surface area (Å²) in [5, 5.41) is 3.52. The van der Waals surface area contributed by atoms with Gasteiger partial charge in [-0.05, 0) is 43.5 Å². The number of nitrogens with zero attached hydrogens (tertiary/aromatic N) is 1. The van der Waals surface area contributed by atoms with Crippen LogP contribution in [0.2, 0.25) is 0 Å². The first-order valence-electron chi connectivity index (χ1n) is 7.23. The fraction of sp³-hybridized carbons (Fsp3) is 0.533.